The molecule has 0 unspecified atom stereocenters. The second-order valence-electron chi connectivity index (χ2n) is 3.10. The molecule has 82 valence electrons. The summed E-state index contributed by atoms with van der Waals surface area (Å²) in [7, 11) is 0. The average Bonchev–Trinajstić information content (AvgIpc) is 2.64. The number of rotatable bonds is 2. The molecule has 0 atom stereocenters. The van der Waals surface area contributed by atoms with Crippen molar-refractivity contribution in [3.8, 4) is 11.3 Å². The Kier molecular flexibility index (Phi) is 2.78. The summed E-state index contributed by atoms with van der Waals surface area (Å²) in [4.78, 5) is 10.6. The average molecular weight is 285 g/mol. The van der Waals surface area contributed by atoms with Crippen molar-refractivity contribution in [3.63, 3.8) is 0 Å². The molecule has 0 fully saturated rings. The third kappa shape index (κ3) is 1.86. The molecule has 0 aliphatic rings. The molecule has 1 aromatic carbocycles. The van der Waals surface area contributed by atoms with Crippen LogP contribution in [0.15, 0.2) is 39.4 Å². The van der Waals surface area contributed by atoms with Crippen molar-refractivity contribution >= 4 is 21.9 Å². The largest absolute Gasteiger partial charge is 0.478 e. The lowest BCUT2D eigenvalue weighted by Crippen LogP contribution is -1.97. The highest BCUT2D eigenvalue weighted by atomic mass is 79.9. The van der Waals surface area contributed by atoms with Crippen LogP contribution in [0.3, 0.4) is 0 Å². The lowest BCUT2D eigenvalue weighted by Gasteiger charge is -2.01. The highest BCUT2D eigenvalue weighted by Gasteiger charge is 2.14. The fraction of sp³-hybridized carbons (Fsp3) is 0. The maximum absolute atomic E-state index is 13.6. The molecule has 2 rings (SSSR count). The Bertz CT molecular complexity index is 548. The Balaban J connectivity index is 2.52. The van der Waals surface area contributed by atoms with E-state index in [2.05, 4.69) is 15.9 Å². The van der Waals surface area contributed by atoms with Crippen molar-refractivity contribution in [1.82, 2.24) is 0 Å². The van der Waals surface area contributed by atoms with Crippen molar-refractivity contribution < 1.29 is 18.7 Å². The van der Waals surface area contributed by atoms with Gasteiger partial charge in [-0.1, -0.05) is 0 Å². The van der Waals surface area contributed by atoms with E-state index in [0.717, 1.165) is 6.07 Å². The van der Waals surface area contributed by atoms with Crippen LogP contribution in [-0.2, 0) is 0 Å². The molecule has 0 aliphatic heterocycles. The summed E-state index contributed by atoms with van der Waals surface area (Å²) < 4.78 is 19.3. The first kappa shape index (κ1) is 10.9. The predicted octanol–water partition coefficient (Wildman–Crippen LogP) is 3.55. The fourth-order valence-corrected chi connectivity index (χ4v) is 1.73. The maximum atomic E-state index is 13.6. The van der Waals surface area contributed by atoms with Crippen molar-refractivity contribution in [1.29, 1.82) is 0 Å². The van der Waals surface area contributed by atoms with Crippen LogP contribution < -0.4 is 0 Å². The minimum absolute atomic E-state index is 0.0936. The first-order valence-electron chi connectivity index (χ1n) is 4.36. The van der Waals surface area contributed by atoms with Gasteiger partial charge in [0.15, 0.2) is 5.76 Å². The molecule has 0 aliphatic carbocycles. The third-order valence-corrected chi connectivity index (χ3v) is 2.70. The molecule has 0 spiro atoms. The summed E-state index contributed by atoms with van der Waals surface area (Å²) in [6.45, 7) is 0. The molecular formula is C11H6BrFO3. The molecule has 0 bridgehead atoms. The van der Waals surface area contributed by atoms with Crippen molar-refractivity contribution in [2.75, 3.05) is 0 Å². The number of hydrogen-bond donors (Lipinski definition) is 1. The molecule has 1 heterocycles. The van der Waals surface area contributed by atoms with E-state index < -0.39 is 11.8 Å². The summed E-state index contributed by atoms with van der Waals surface area (Å²) in [5.74, 6) is -1.45. The molecule has 1 aromatic heterocycles. The van der Waals surface area contributed by atoms with Crippen LogP contribution in [0.25, 0.3) is 11.3 Å². The number of halogens is 2. The van der Waals surface area contributed by atoms with E-state index in [-0.39, 0.29) is 11.1 Å². The summed E-state index contributed by atoms with van der Waals surface area (Å²) in [5, 5.41) is 8.69. The smallest absolute Gasteiger partial charge is 0.335 e. The van der Waals surface area contributed by atoms with Crippen LogP contribution in [0, 0.1) is 5.82 Å². The molecule has 0 radical (unpaired) electrons. The number of hydrogen-bond acceptors (Lipinski definition) is 2. The Morgan fingerprint density at radius 1 is 1.38 bits per heavy atom. The number of benzene rings is 1. The van der Waals surface area contributed by atoms with E-state index in [1.807, 2.05) is 0 Å². The van der Waals surface area contributed by atoms with Gasteiger partial charge in [0.25, 0.3) is 0 Å². The second kappa shape index (κ2) is 4.09. The van der Waals surface area contributed by atoms with Gasteiger partial charge in [-0.25, -0.2) is 9.18 Å². The molecule has 16 heavy (non-hydrogen) atoms. The molecule has 0 saturated carbocycles. The summed E-state index contributed by atoms with van der Waals surface area (Å²) in [6.07, 6.45) is 1.42. The Morgan fingerprint density at radius 3 is 2.62 bits per heavy atom. The third-order valence-electron chi connectivity index (χ3n) is 2.08. The van der Waals surface area contributed by atoms with E-state index >= 15 is 0 Å². The Hall–Kier alpha value is -1.62. The van der Waals surface area contributed by atoms with Gasteiger partial charge in [-0.15, -0.1) is 0 Å². The SMILES string of the molecule is O=C(O)c1ccc(-c2occc2Br)c(F)c1. The van der Waals surface area contributed by atoms with Gasteiger partial charge < -0.3 is 9.52 Å². The van der Waals surface area contributed by atoms with Crippen LogP contribution in [-0.4, -0.2) is 11.1 Å². The van der Waals surface area contributed by atoms with Crippen LogP contribution >= 0.6 is 15.9 Å². The van der Waals surface area contributed by atoms with Crippen LogP contribution in [0.5, 0.6) is 0 Å². The van der Waals surface area contributed by atoms with Crippen LogP contribution in [0.4, 0.5) is 4.39 Å². The quantitative estimate of drug-likeness (QED) is 0.918. The van der Waals surface area contributed by atoms with E-state index in [1.54, 1.807) is 6.07 Å². The monoisotopic (exact) mass is 284 g/mol. The normalized spacial score (nSPS) is 10.4. The topological polar surface area (TPSA) is 50.4 Å². The number of carboxylic acid groups (broad SMARTS) is 1. The minimum Gasteiger partial charge on any atom is -0.478 e. The van der Waals surface area contributed by atoms with Crippen LogP contribution in [0.2, 0.25) is 0 Å². The Morgan fingerprint density at radius 2 is 2.12 bits per heavy atom. The van der Waals surface area contributed by atoms with Gasteiger partial charge in [-0.2, -0.15) is 0 Å². The molecule has 5 heteroatoms. The molecule has 2 aromatic rings. The van der Waals surface area contributed by atoms with E-state index in [1.165, 1.54) is 18.4 Å². The van der Waals surface area contributed by atoms with E-state index in [9.17, 15) is 9.18 Å². The zero-order valence-electron chi connectivity index (χ0n) is 7.91. The fourth-order valence-electron chi connectivity index (χ4n) is 1.32. The second-order valence-corrected chi connectivity index (χ2v) is 3.95. The highest BCUT2D eigenvalue weighted by Crippen LogP contribution is 2.31. The first-order chi connectivity index (χ1) is 7.59. The lowest BCUT2D eigenvalue weighted by molar-refractivity contribution is 0.0696. The van der Waals surface area contributed by atoms with Gasteiger partial charge in [-0.3, -0.25) is 0 Å². The lowest BCUT2D eigenvalue weighted by atomic mass is 10.1. The van der Waals surface area contributed by atoms with Gasteiger partial charge in [0.2, 0.25) is 0 Å². The first-order valence-corrected chi connectivity index (χ1v) is 5.15. The van der Waals surface area contributed by atoms with Gasteiger partial charge in [0.1, 0.15) is 5.82 Å². The number of carboxylic acids is 1. The maximum Gasteiger partial charge on any atom is 0.335 e. The molecule has 3 nitrogen and oxygen atoms in total. The number of aromatic carboxylic acids is 1. The minimum atomic E-state index is -1.16. The van der Waals surface area contributed by atoms with E-state index in [0.29, 0.717) is 10.2 Å². The van der Waals surface area contributed by atoms with Crippen molar-refractivity contribution in [2.45, 2.75) is 0 Å². The summed E-state index contributed by atoms with van der Waals surface area (Å²) in [5.41, 5.74) is 0.130. The predicted molar refractivity (Wildman–Crippen MR) is 58.8 cm³/mol. The number of carbonyl (C=O) groups is 1. The molecule has 1 N–H and O–H groups in total. The highest BCUT2D eigenvalue weighted by molar-refractivity contribution is 9.10. The standard InChI is InChI=1S/C11H6BrFO3/c12-8-3-4-16-10(8)7-2-1-6(11(14)15)5-9(7)13/h1-5H,(H,14,15). The number of furan rings is 1. The van der Waals surface area contributed by atoms with Gasteiger partial charge in [0.05, 0.1) is 21.9 Å². The van der Waals surface area contributed by atoms with Gasteiger partial charge >= 0.3 is 5.97 Å². The molecule has 0 saturated heterocycles. The summed E-state index contributed by atoms with van der Waals surface area (Å²) >= 11 is 3.21. The molecular weight excluding hydrogens is 279 g/mol. The van der Waals surface area contributed by atoms with Gasteiger partial charge in [0, 0.05) is 0 Å². The van der Waals surface area contributed by atoms with Gasteiger partial charge in [-0.05, 0) is 40.2 Å². The molecule has 0 amide bonds. The zero-order chi connectivity index (χ0) is 11.7. The van der Waals surface area contributed by atoms with Crippen molar-refractivity contribution in [3.05, 3.63) is 46.4 Å². The summed E-state index contributed by atoms with van der Waals surface area (Å²) in [6, 6.07) is 5.31. The van der Waals surface area contributed by atoms with Crippen molar-refractivity contribution in [2.24, 2.45) is 0 Å². The Labute approximate surface area is 98.6 Å². The van der Waals surface area contributed by atoms with E-state index in [4.69, 9.17) is 9.52 Å². The zero-order valence-corrected chi connectivity index (χ0v) is 9.49. The van der Waals surface area contributed by atoms with Crippen LogP contribution in [0.1, 0.15) is 10.4 Å².